The van der Waals surface area contributed by atoms with Crippen molar-refractivity contribution in [2.24, 2.45) is 0 Å². The van der Waals surface area contributed by atoms with E-state index in [1.807, 2.05) is 24.3 Å². The number of fused-ring (bicyclic) bond motifs is 1. The van der Waals surface area contributed by atoms with Gasteiger partial charge in [-0.25, -0.2) is 9.97 Å². The van der Waals surface area contributed by atoms with E-state index in [-0.39, 0.29) is 0 Å². The molecule has 1 N–H and O–H groups in total. The number of aryl methyl sites for hydroxylation is 1. The normalized spacial score (nSPS) is 10.8. The van der Waals surface area contributed by atoms with Crippen LogP contribution in [0.1, 0.15) is 11.1 Å². The predicted molar refractivity (Wildman–Crippen MR) is 81.4 cm³/mol. The van der Waals surface area contributed by atoms with Crippen LogP contribution in [-0.4, -0.2) is 9.97 Å². The number of hydrogen-bond donors (Lipinski definition) is 1. The Bertz CT molecular complexity index is 724. The van der Waals surface area contributed by atoms with Crippen molar-refractivity contribution >= 4 is 44.7 Å². The molecule has 0 saturated heterocycles. The summed E-state index contributed by atoms with van der Waals surface area (Å²) < 4.78 is 1.08. The minimum Gasteiger partial charge on any atom is -0.339 e. The van der Waals surface area contributed by atoms with Gasteiger partial charge in [0.15, 0.2) is 5.82 Å². The van der Waals surface area contributed by atoms with Crippen molar-refractivity contribution in [2.75, 3.05) is 5.32 Å². The molecular formula is C14H12ClN3S. The Morgan fingerprint density at radius 1 is 1.32 bits per heavy atom. The SMILES string of the molecule is Cc1csc2c(Nc3cccc(CCl)c3)ncnc12. The lowest BCUT2D eigenvalue weighted by Gasteiger charge is -2.07. The molecule has 2 heterocycles. The molecule has 0 aliphatic heterocycles. The van der Waals surface area contributed by atoms with E-state index < -0.39 is 0 Å². The topological polar surface area (TPSA) is 37.8 Å². The van der Waals surface area contributed by atoms with Crippen molar-refractivity contribution in [1.82, 2.24) is 9.97 Å². The molecule has 0 aliphatic carbocycles. The van der Waals surface area contributed by atoms with Crippen molar-refractivity contribution in [1.29, 1.82) is 0 Å². The zero-order chi connectivity index (χ0) is 13.2. The quantitative estimate of drug-likeness (QED) is 0.722. The van der Waals surface area contributed by atoms with Gasteiger partial charge < -0.3 is 5.32 Å². The highest BCUT2D eigenvalue weighted by molar-refractivity contribution is 7.18. The number of rotatable bonds is 3. The highest BCUT2D eigenvalue weighted by atomic mass is 35.5. The summed E-state index contributed by atoms with van der Waals surface area (Å²) in [6.45, 7) is 2.06. The Morgan fingerprint density at radius 3 is 3.05 bits per heavy atom. The highest BCUT2D eigenvalue weighted by Crippen LogP contribution is 2.30. The van der Waals surface area contributed by atoms with E-state index >= 15 is 0 Å². The van der Waals surface area contributed by atoms with Crippen LogP contribution >= 0.6 is 22.9 Å². The first-order valence-electron chi connectivity index (χ1n) is 5.88. The fraction of sp³-hybridized carbons (Fsp3) is 0.143. The largest absolute Gasteiger partial charge is 0.339 e. The first-order valence-corrected chi connectivity index (χ1v) is 7.30. The molecule has 0 spiro atoms. The Balaban J connectivity index is 2.00. The van der Waals surface area contributed by atoms with Gasteiger partial charge in [-0.1, -0.05) is 12.1 Å². The van der Waals surface area contributed by atoms with E-state index in [0.717, 1.165) is 27.3 Å². The van der Waals surface area contributed by atoms with E-state index in [4.69, 9.17) is 11.6 Å². The molecule has 0 saturated carbocycles. The van der Waals surface area contributed by atoms with Crippen molar-refractivity contribution in [3.05, 3.63) is 47.1 Å². The standard InChI is InChI=1S/C14H12ClN3S/c1-9-7-19-13-12(9)16-8-17-14(13)18-11-4-2-3-10(5-11)6-15/h2-5,7-8H,6H2,1H3,(H,16,17,18). The molecule has 0 amide bonds. The molecule has 0 aliphatic rings. The van der Waals surface area contributed by atoms with Gasteiger partial charge >= 0.3 is 0 Å². The van der Waals surface area contributed by atoms with E-state index in [0.29, 0.717) is 5.88 Å². The summed E-state index contributed by atoms with van der Waals surface area (Å²) in [5.41, 5.74) is 4.26. The minimum absolute atomic E-state index is 0.507. The van der Waals surface area contributed by atoms with Crippen molar-refractivity contribution in [3.8, 4) is 0 Å². The van der Waals surface area contributed by atoms with Gasteiger partial charge in [0.05, 0.1) is 10.2 Å². The maximum atomic E-state index is 5.85. The Labute approximate surface area is 120 Å². The molecule has 19 heavy (non-hydrogen) atoms. The summed E-state index contributed by atoms with van der Waals surface area (Å²) >= 11 is 7.51. The number of aromatic nitrogens is 2. The van der Waals surface area contributed by atoms with E-state index in [1.165, 1.54) is 5.56 Å². The second-order valence-electron chi connectivity index (χ2n) is 4.28. The number of nitrogens with zero attached hydrogens (tertiary/aromatic N) is 2. The number of benzene rings is 1. The second kappa shape index (κ2) is 5.15. The molecule has 0 fully saturated rings. The number of nitrogens with one attached hydrogen (secondary N) is 1. The first-order chi connectivity index (χ1) is 9.28. The molecular weight excluding hydrogens is 278 g/mol. The summed E-state index contributed by atoms with van der Waals surface area (Å²) in [5, 5.41) is 5.43. The minimum atomic E-state index is 0.507. The third-order valence-corrected chi connectivity index (χ3v) is 4.28. The fourth-order valence-electron chi connectivity index (χ4n) is 1.93. The molecule has 0 unspecified atom stereocenters. The van der Waals surface area contributed by atoms with Gasteiger partial charge in [0.2, 0.25) is 0 Å². The zero-order valence-electron chi connectivity index (χ0n) is 10.4. The van der Waals surface area contributed by atoms with E-state index in [1.54, 1.807) is 17.7 Å². The monoisotopic (exact) mass is 289 g/mol. The van der Waals surface area contributed by atoms with Crippen molar-refractivity contribution in [2.45, 2.75) is 12.8 Å². The molecule has 0 atom stereocenters. The van der Waals surface area contributed by atoms with Crippen LogP contribution in [0.5, 0.6) is 0 Å². The summed E-state index contributed by atoms with van der Waals surface area (Å²) in [6, 6.07) is 8.02. The summed E-state index contributed by atoms with van der Waals surface area (Å²) in [4.78, 5) is 8.64. The van der Waals surface area contributed by atoms with Crippen LogP contribution in [0, 0.1) is 6.92 Å². The molecule has 5 heteroatoms. The number of thiophene rings is 1. The van der Waals surface area contributed by atoms with Crippen molar-refractivity contribution < 1.29 is 0 Å². The number of anilines is 2. The number of hydrogen-bond acceptors (Lipinski definition) is 4. The average molecular weight is 290 g/mol. The Hall–Kier alpha value is -1.65. The van der Waals surface area contributed by atoms with Crippen LogP contribution in [0.3, 0.4) is 0 Å². The molecule has 0 radical (unpaired) electrons. The van der Waals surface area contributed by atoms with Gasteiger partial charge in [-0.2, -0.15) is 0 Å². The average Bonchev–Trinajstić information content (AvgIpc) is 2.82. The highest BCUT2D eigenvalue weighted by Gasteiger charge is 2.08. The molecule has 3 aromatic rings. The molecule has 96 valence electrons. The maximum absolute atomic E-state index is 5.85. The predicted octanol–water partition coefficient (Wildman–Crippen LogP) is 4.48. The molecule has 2 aromatic heterocycles. The van der Waals surface area contributed by atoms with Crippen molar-refractivity contribution in [3.63, 3.8) is 0 Å². The Morgan fingerprint density at radius 2 is 2.21 bits per heavy atom. The van der Waals surface area contributed by atoms with Gasteiger partial charge in [-0.15, -0.1) is 22.9 Å². The van der Waals surface area contributed by atoms with Gasteiger partial charge in [0.1, 0.15) is 6.33 Å². The van der Waals surface area contributed by atoms with Gasteiger partial charge in [-0.3, -0.25) is 0 Å². The lowest BCUT2D eigenvalue weighted by Crippen LogP contribution is -1.95. The summed E-state index contributed by atoms with van der Waals surface area (Å²) in [5.74, 6) is 1.35. The van der Waals surface area contributed by atoms with Gasteiger partial charge in [0, 0.05) is 11.6 Å². The second-order valence-corrected chi connectivity index (χ2v) is 5.42. The van der Waals surface area contributed by atoms with Crippen LogP contribution in [0.4, 0.5) is 11.5 Å². The third-order valence-electron chi connectivity index (χ3n) is 2.87. The Kier molecular flexibility index (Phi) is 3.36. The fourth-order valence-corrected chi connectivity index (χ4v) is 3.04. The molecule has 3 nitrogen and oxygen atoms in total. The van der Waals surface area contributed by atoms with Crippen LogP contribution in [0.15, 0.2) is 36.0 Å². The number of alkyl halides is 1. The summed E-state index contributed by atoms with van der Waals surface area (Å²) in [7, 11) is 0. The van der Waals surface area contributed by atoms with Gasteiger partial charge in [-0.05, 0) is 35.6 Å². The van der Waals surface area contributed by atoms with Crippen LogP contribution in [-0.2, 0) is 5.88 Å². The lowest BCUT2D eigenvalue weighted by molar-refractivity contribution is 1.22. The van der Waals surface area contributed by atoms with Crippen LogP contribution in [0.25, 0.3) is 10.2 Å². The third kappa shape index (κ3) is 2.41. The van der Waals surface area contributed by atoms with E-state index in [9.17, 15) is 0 Å². The lowest BCUT2D eigenvalue weighted by atomic mass is 10.2. The maximum Gasteiger partial charge on any atom is 0.151 e. The first kappa shape index (κ1) is 12.4. The molecule has 0 bridgehead atoms. The van der Waals surface area contributed by atoms with Crippen LogP contribution in [0.2, 0.25) is 0 Å². The van der Waals surface area contributed by atoms with E-state index in [2.05, 4.69) is 27.6 Å². The molecule has 1 aromatic carbocycles. The zero-order valence-corrected chi connectivity index (χ0v) is 11.9. The van der Waals surface area contributed by atoms with Crippen LogP contribution < -0.4 is 5.32 Å². The van der Waals surface area contributed by atoms with Gasteiger partial charge in [0.25, 0.3) is 0 Å². The summed E-state index contributed by atoms with van der Waals surface area (Å²) in [6.07, 6.45) is 1.59. The molecule has 3 rings (SSSR count). The number of halogens is 1. The smallest absolute Gasteiger partial charge is 0.151 e.